The summed E-state index contributed by atoms with van der Waals surface area (Å²) in [6.45, 7) is 3.72. The lowest BCUT2D eigenvalue weighted by atomic mass is 9.99. The predicted molar refractivity (Wildman–Crippen MR) is 61.1 cm³/mol. The van der Waals surface area contributed by atoms with Crippen molar-refractivity contribution in [2.45, 2.75) is 6.04 Å². The van der Waals surface area contributed by atoms with E-state index in [0.29, 0.717) is 0 Å². The second-order valence-corrected chi connectivity index (χ2v) is 3.33. The molecule has 0 amide bonds. The quantitative estimate of drug-likeness (QED) is 0.711. The zero-order valence-electron chi connectivity index (χ0n) is 7.98. The highest BCUT2D eigenvalue weighted by molar-refractivity contribution is 5.86. The third-order valence-electron chi connectivity index (χ3n) is 2.44. The standard InChI is InChI=1S/C13H13N/c1-2-13(14)12-9-5-7-10-6-3-4-8-11(10)12/h2-9,13H,1,14H2. The Hall–Kier alpha value is -1.60. The lowest BCUT2D eigenvalue weighted by Gasteiger charge is -2.10. The van der Waals surface area contributed by atoms with Gasteiger partial charge in [-0.1, -0.05) is 48.5 Å². The van der Waals surface area contributed by atoms with Crippen molar-refractivity contribution < 1.29 is 0 Å². The van der Waals surface area contributed by atoms with Crippen LogP contribution < -0.4 is 5.73 Å². The van der Waals surface area contributed by atoms with Crippen LogP contribution in [-0.4, -0.2) is 0 Å². The van der Waals surface area contributed by atoms with Gasteiger partial charge in [-0.05, 0) is 16.3 Å². The van der Waals surface area contributed by atoms with Crippen molar-refractivity contribution in [3.63, 3.8) is 0 Å². The number of nitrogens with two attached hydrogens (primary N) is 1. The monoisotopic (exact) mass is 183 g/mol. The van der Waals surface area contributed by atoms with E-state index in [1.807, 2.05) is 18.2 Å². The Morgan fingerprint density at radius 1 is 1.07 bits per heavy atom. The first-order chi connectivity index (χ1) is 6.83. The van der Waals surface area contributed by atoms with E-state index in [0.717, 1.165) is 5.56 Å². The van der Waals surface area contributed by atoms with Crippen LogP contribution in [-0.2, 0) is 0 Å². The average Bonchev–Trinajstić information content (AvgIpc) is 2.27. The molecule has 0 heterocycles. The van der Waals surface area contributed by atoms with Crippen molar-refractivity contribution in [2.24, 2.45) is 5.73 Å². The molecule has 0 aliphatic rings. The first-order valence-electron chi connectivity index (χ1n) is 4.68. The summed E-state index contributed by atoms with van der Waals surface area (Å²) in [5.41, 5.74) is 7.08. The van der Waals surface area contributed by atoms with E-state index >= 15 is 0 Å². The van der Waals surface area contributed by atoms with Crippen LogP contribution in [0.2, 0.25) is 0 Å². The Bertz CT molecular complexity index is 454. The molecular formula is C13H13N. The largest absolute Gasteiger partial charge is 0.321 e. The van der Waals surface area contributed by atoms with Gasteiger partial charge < -0.3 is 5.73 Å². The minimum Gasteiger partial charge on any atom is -0.321 e. The molecular weight excluding hydrogens is 170 g/mol. The molecule has 14 heavy (non-hydrogen) atoms. The Balaban J connectivity index is 2.70. The average molecular weight is 183 g/mol. The van der Waals surface area contributed by atoms with Crippen molar-refractivity contribution in [1.82, 2.24) is 0 Å². The minimum atomic E-state index is -0.0823. The maximum Gasteiger partial charge on any atom is 0.0484 e. The van der Waals surface area contributed by atoms with Gasteiger partial charge in [-0.15, -0.1) is 6.58 Å². The van der Waals surface area contributed by atoms with Crippen LogP contribution in [0.4, 0.5) is 0 Å². The molecule has 2 N–H and O–H groups in total. The van der Waals surface area contributed by atoms with Crippen molar-refractivity contribution in [3.8, 4) is 0 Å². The highest BCUT2D eigenvalue weighted by Crippen LogP contribution is 2.23. The summed E-state index contributed by atoms with van der Waals surface area (Å²) in [4.78, 5) is 0. The van der Waals surface area contributed by atoms with Gasteiger partial charge in [0.25, 0.3) is 0 Å². The fourth-order valence-electron chi connectivity index (χ4n) is 1.67. The van der Waals surface area contributed by atoms with E-state index in [2.05, 4.69) is 30.8 Å². The number of benzene rings is 2. The highest BCUT2D eigenvalue weighted by atomic mass is 14.6. The molecule has 0 fully saturated rings. The molecule has 0 saturated heterocycles. The number of hydrogen-bond donors (Lipinski definition) is 1. The van der Waals surface area contributed by atoms with E-state index in [4.69, 9.17) is 5.73 Å². The Labute approximate surface area is 83.9 Å². The maximum atomic E-state index is 5.94. The Morgan fingerprint density at radius 3 is 2.57 bits per heavy atom. The number of hydrogen-bond acceptors (Lipinski definition) is 1. The lowest BCUT2D eigenvalue weighted by Crippen LogP contribution is -2.06. The van der Waals surface area contributed by atoms with Crippen molar-refractivity contribution in [2.75, 3.05) is 0 Å². The molecule has 0 aromatic heterocycles. The van der Waals surface area contributed by atoms with Crippen LogP contribution in [0.25, 0.3) is 10.8 Å². The molecule has 2 rings (SSSR count). The molecule has 0 bridgehead atoms. The Kier molecular flexibility index (Phi) is 2.33. The van der Waals surface area contributed by atoms with Crippen molar-refractivity contribution in [3.05, 3.63) is 60.7 Å². The number of rotatable bonds is 2. The van der Waals surface area contributed by atoms with Gasteiger partial charge in [-0.25, -0.2) is 0 Å². The lowest BCUT2D eigenvalue weighted by molar-refractivity contribution is 0.925. The first kappa shape index (κ1) is 8.97. The fourth-order valence-corrected chi connectivity index (χ4v) is 1.67. The summed E-state index contributed by atoms with van der Waals surface area (Å²) in [5.74, 6) is 0. The molecule has 1 nitrogen and oxygen atoms in total. The molecule has 0 aliphatic heterocycles. The van der Waals surface area contributed by atoms with Gasteiger partial charge in [0.15, 0.2) is 0 Å². The van der Waals surface area contributed by atoms with E-state index < -0.39 is 0 Å². The summed E-state index contributed by atoms with van der Waals surface area (Å²) in [5, 5.41) is 2.43. The zero-order valence-corrected chi connectivity index (χ0v) is 7.98. The molecule has 1 unspecified atom stereocenters. The normalized spacial score (nSPS) is 12.6. The molecule has 1 heteroatoms. The minimum absolute atomic E-state index is 0.0823. The fraction of sp³-hybridized carbons (Fsp3) is 0.0769. The van der Waals surface area contributed by atoms with Gasteiger partial charge in [0.2, 0.25) is 0 Å². The molecule has 70 valence electrons. The van der Waals surface area contributed by atoms with E-state index in [1.165, 1.54) is 10.8 Å². The topological polar surface area (TPSA) is 26.0 Å². The zero-order chi connectivity index (χ0) is 9.97. The van der Waals surface area contributed by atoms with E-state index in [9.17, 15) is 0 Å². The smallest absolute Gasteiger partial charge is 0.0484 e. The van der Waals surface area contributed by atoms with Crippen LogP contribution in [0.1, 0.15) is 11.6 Å². The second kappa shape index (κ2) is 3.64. The maximum absolute atomic E-state index is 5.94. The molecule has 2 aromatic rings. The van der Waals surface area contributed by atoms with Crippen LogP contribution in [0.3, 0.4) is 0 Å². The van der Waals surface area contributed by atoms with Gasteiger partial charge in [-0.3, -0.25) is 0 Å². The highest BCUT2D eigenvalue weighted by Gasteiger charge is 2.04. The summed E-state index contributed by atoms with van der Waals surface area (Å²) in [6.07, 6.45) is 1.77. The molecule has 0 spiro atoms. The Morgan fingerprint density at radius 2 is 1.79 bits per heavy atom. The molecule has 1 atom stereocenters. The van der Waals surface area contributed by atoms with Crippen LogP contribution in [0.15, 0.2) is 55.1 Å². The second-order valence-electron chi connectivity index (χ2n) is 3.33. The third-order valence-corrected chi connectivity index (χ3v) is 2.44. The molecule has 0 saturated carbocycles. The predicted octanol–water partition coefficient (Wildman–Crippen LogP) is 3.03. The molecule has 2 aromatic carbocycles. The van der Waals surface area contributed by atoms with Gasteiger partial charge >= 0.3 is 0 Å². The summed E-state index contributed by atoms with van der Waals surface area (Å²) in [6, 6.07) is 14.3. The van der Waals surface area contributed by atoms with Gasteiger partial charge in [-0.2, -0.15) is 0 Å². The first-order valence-corrected chi connectivity index (χ1v) is 4.68. The molecule has 0 aliphatic carbocycles. The number of fused-ring (bicyclic) bond motifs is 1. The van der Waals surface area contributed by atoms with Gasteiger partial charge in [0.1, 0.15) is 0 Å². The van der Waals surface area contributed by atoms with E-state index in [1.54, 1.807) is 6.08 Å². The SMILES string of the molecule is C=CC(N)c1cccc2ccccc12. The van der Waals surface area contributed by atoms with Crippen LogP contribution in [0.5, 0.6) is 0 Å². The third kappa shape index (κ3) is 1.42. The summed E-state index contributed by atoms with van der Waals surface area (Å²) < 4.78 is 0. The van der Waals surface area contributed by atoms with Crippen LogP contribution in [0, 0.1) is 0 Å². The van der Waals surface area contributed by atoms with Crippen molar-refractivity contribution in [1.29, 1.82) is 0 Å². The van der Waals surface area contributed by atoms with Crippen LogP contribution >= 0.6 is 0 Å². The summed E-state index contributed by atoms with van der Waals surface area (Å²) >= 11 is 0. The van der Waals surface area contributed by atoms with Gasteiger partial charge in [0.05, 0.1) is 0 Å². The van der Waals surface area contributed by atoms with Crippen molar-refractivity contribution >= 4 is 10.8 Å². The summed E-state index contributed by atoms with van der Waals surface area (Å²) in [7, 11) is 0. The van der Waals surface area contributed by atoms with E-state index in [-0.39, 0.29) is 6.04 Å². The molecule has 0 radical (unpaired) electrons. The van der Waals surface area contributed by atoms with Gasteiger partial charge in [0, 0.05) is 6.04 Å².